The van der Waals surface area contributed by atoms with E-state index in [1.54, 1.807) is 6.92 Å². The van der Waals surface area contributed by atoms with Crippen LogP contribution in [0, 0.1) is 17.2 Å². The van der Waals surface area contributed by atoms with Crippen LogP contribution < -0.4 is 10.6 Å². The number of carbonyl (C=O) groups is 1. The second-order valence-corrected chi connectivity index (χ2v) is 2.71. The third-order valence-electron chi connectivity index (χ3n) is 1.70. The Bertz CT molecular complexity index is 192. The largest absolute Gasteiger partial charge is 0.340 e. The van der Waals surface area contributed by atoms with Crippen molar-refractivity contribution in [3.8, 4) is 6.07 Å². The van der Waals surface area contributed by atoms with E-state index in [0.717, 1.165) is 13.1 Å². The van der Waals surface area contributed by atoms with Gasteiger partial charge in [0.15, 0.2) is 0 Å². The van der Waals surface area contributed by atoms with Crippen molar-refractivity contribution in [3.63, 3.8) is 0 Å². The Balaban J connectivity index is 2.26. The maximum absolute atomic E-state index is 11.1. The van der Waals surface area contributed by atoms with E-state index in [4.69, 9.17) is 5.26 Å². The third kappa shape index (κ3) is 1.92. The maximum Gasteiger partial charge on any atom is 0.226 e. The zero-order chi connectivity index (χ0) is 8.27. The summed E-state index contributed by atoms with van der Waals surface area (Å²) < 4.78 is 0. The summed E-state index contributed by atoms with van der Waals surface area (Å²) in [5.41, 5.74) is 0. The van der Waals surface area contributed by atoms with Gasteiger partial charge >= 0.3 is 0 Å². The molecule has 0 spiro atoms. The fraction of sp³-hybridized carbons (Fsp3) is 0.714. The highest BCUT2D eigenvalue weighted by atomic mass is 16.2. The lowest BCUT2D eigenvalue weighted by molar-refractivity contribution is -0.126. The Morgan fingerprint density at radius 3 is 2.82 bits per heavy atom. The average Bonchev–Trinajstić information content (AvgIpc) is 1.83. The molecule has 1 fully saturated rings. The molecule has 4 heteroatoms. The monoisotopic (exact) mass is 153 g/mol. The van der Waals surface area contributed by atoms with Crippen molar-refractivity contribution in [2.24, 2.45) is 5.92 Å². The summed E-state index contributed by atoms with van der Waals surface area (Å²) in [5, 5.41) is 14.0. The molecule has 0 aromatic heterocycles. The van der Waals surface area contributed by atoms with Crippen LogP contribution in [0.4, 0.5) is 0 Å². The van der Waals surface area contributed by atoms with E-state index in [1.165, 1.54) is 0 Å². The van der Waals surface area contributed by atoms with Gasteiger partial charge in [-0.3, -0.25) is 4.79 Å². The predicted molar refractivity (Wildman–Crippen MR) is 39.6 cm³/mol. The second kappa shape index (κ2) is 3.35. The first-order valence-corrected chi connectivity index (χ1v) is 3.64. The molecule has 0 aromatic rings. The number of nitriles is 1. The summed E-state index contributed by atoms with van der Waals surface area (Å²) in [4.78, 5) is 11.1. The fourth-order valence-electron chi connectivity index (χ4n) is 0.838. The lowest BCUT2D eigenvalue weighted by Crippen LogP contribution is -2.52. The molecule has 1 aliphatic rings. The Labute approximate surface area is 65.6 Å². The maximum atomic E-state index is 11.1. The van der Waals surface area contributed by atoms with Gasteiger partial charge in [0.1, 0.15) is 6.04 Å². The zero-order valence-electron chi connectivity index (χ0n) is 6.42. The van der Waals surface area contributed by atoms with Gasteiger partial charge in [0.05, 0.1) is 12.0 Å². The Morgan fingerprint density at radius 2 is 2.45 bits per heavy atom. The van der Waals surface area contributed by atoms with E-state index < -0.39 is 0 Å². The summed E-state index contributed by atoms with van der Waals surface area (Å²) in [7, 11) is 0. The normalized spacial score (nSPS) is 19.6. The standard InChI is InChI=1S/C7H11N3O/c1-5(2-8)10-7(11)6-3-9-4-6/h5-6,9H,3-4H2,1H3,(H,10,11). The van der Waals surface area contributed by atoms with E-state index in [2.05, 4.69) is 10.6 Å². The van der Waals surface area contributed by atoms with Crippen LogP contribution in [0.1, 0.15) is 6.92 Å². The summed E-state index contributed by atoms with van der Waals surface area (Å²) in [6.45, 7) is 3.15. The topological polar surface area (TPSA) is 64.9 Å². The molecule has 1 unspecified atom stereocenters. The highest BCUT2D eigenvalue weighted by Crippen LogP contribution is 2.02. The van der Waals surface area contributed by atoms with Crippen molar-refractivity contribution in [3.05, 3.63) is 0 Å². The summed E-state index contributed by atoms with van der Waals surface area (Å²) in [6, 6.07) is 1.57. The lowest BCUT2D eigenvalue weighted by Gasteiger charge is -2.26. The van der Waals surface area contributed by atoms with Crippen molar-refractivity contribution >= 4 is 5.91 Å². The fourth-order valence-corrected chi connectivity index (χ4v) is 0.838. The highest BCUT2D eigenvalue weighted by Gasteiger charge is 2.25. The Morgan fingerprint density at radius 1 is 1.82 bits per heavy atom. The van der Waals surface area contributed by atoms with Crippen molar-refractivity contribution in [2.45, 2.75) is 13.0 Å². The molecule has 11 heavy (non-hydrogen) atoms. The Kier molecular flexibility index (Phi) is 2.44. The first-order chi connectivity index (χ1) is 5.24. The van der Waals surface area contributed by atoms with Crippen molar-refractivity contribution < 1.29 is 4.79 Å². The molecule has 1 heterocycles. The second-order valence-electron chi connectivity index (χ2n) is 2.71. The van der Waals surface area contributed by atoms with E-state index in [0.29, 0.717) is 0 Å². The molecule has 0 saturated carbocycles. The summed E-state index contributed by atoms with van der Waals surface area (Å²) in [6.07, 6.45) is 0. The van der Waals surface area contributed by atoms with Gasteiger partial charge < -0.3 is 10.6 Å². The molecule has 0 aliphatic carbocycles. The number of nitrogens with one attached hydrogen (secondary N) is 2. The van der Waals surface area contributed by atoms with Gasteiger partial charge in [0.2, 0.25) is 5.91 Å². The first-order valence-electron chi connectivity index (χ1n) is 3.64. The number of carbonyl (C=O) groups excluding carboxylic acids is 1. The number of hydrogen-bond acceptors (Lipinski definition) is 3. The van der Waals surface area contributed by atoms with Gasteiger partial charge in [-0.25, -0.2) is 0 Å². The van der Waals surface area contributed by atoms with Crippen LogP contribution in [0.3, 0.4) is 0 Å². The molecule has 1 aliphatic heterocycles. The van der Waals surface area contributed by atoms with Crippen molar-refractivity contribution in [1.29, 1.82) is 5.26 Å². The average molecular weight is 153 g/mol. The summed E-state index contributed by atoms with van der Waals surface area (Å²) in [5.74, 6) is 0.0589. The molecular formula is C7H11N3O. The highest BCUT2D eigenvalue weighted by molar-refractivity contribution is 5.80. The van der Waals surface area contributed by atoms with Crippen LogP contribution in [0.2, 0.25) is 0 Å². The molecule has 1 amide bonds. The quantitative estimate of drug-likeness (QED) is 0.547. The van der Waals surface area contributed by atoms with E-state index in [9.17, 15) is 4.79 Å². The predicted octanol–water partition coefficient (Wildman–Crippen LogP) is -0.766. The minimum absolute atomic E-state index is 0.0159. The minimum atomic E-state index is -0.372. The number of amides is 1. The lowest BCUT2D eigenvalue weighted by atomic mass is 10.0. The van der Waals surface area contributed by atoms with Crippen LogP contribution >= 0.6 is 0 Å². The van der Waals surface area contributed by atoms with E-state index >= 15 is 0 Å². The molecule has 0 bridgehead atoms. The van der Waals surface area contributed by atoms with Gasteiger partial charge in [0, 0.05) is 13.1 Å². The molecule has 1 rings (SSSR count). The van der Waals surface area contributed by atoms with E-state index in [-0.39, 0.29) is 17.9 Å². The van der Waals surface area contributed by atoms with Crippen molar-refractivity contribution in [1.82, 2.24) is 10.6 Å². The molecule has 0 aromatic carbocycles. The molecule has 1 saturated heterocycles. The molecule has 1 atom stereocenters. The molecular weight excluding hydrogens is 142 g/mol. The van der Waals surface area contributed by atoms with Gasteiger partial charge in [-0.1, -0.05) is 0 Å². The van der Waals surface area contributed by atoms with Crippen molar-refractivity contribution in [2.75, 3.05) is 13.1 Å². The SMILES string of the molecule is CC(C#N)NC(=O)C1CNC1. The number of nitrogens with zero attached hydrogens (tertiary/aromatic N) is 1. The van der Waals surface area contributed by atoms with Crippen LogP contribution in [0.5, 0.6) is 0 Å². The zero-order valence-corrected chi connectivity index (χ0v) is 6.42. The van der Waals surface area contributed by atoms with Crippen LogP contribution in [-0.2, 0) is 4.79 Å². The number of hydrogen-bond donors (Lipinski definition) is 2. The summed E-state index contributed by atoms with van der Waals surface area (Å²) >= 11 is 0. The van der Waals surface area contributed by atoms with Gasteiger partial charge in [0.25, 0.3) is 0 Å². The van der Waals surface area contributed by atoms with Gasteiger partial charge in [-0.2, -0.15) is 5.26 Å². The van der Waals surface area contributed by atoms with Crippen LogP contribution in [0.15, 0.2) is 0 Å². The molecule has 60 valence electrons. The molecule has 4 nitrogen and oxygen atoms in total. The van der Waals surface area contributed by atoms with E-state index in [1.807, 2.05) is 6.07 Å². The third-order valence-corrected chi connectivity index (χ3v) is 1.70. The van der Waals surface area contributed by atoms with Gasteiger partial charge in [-0.15, -0.1) is 0 Å². The van der Waals surface area contributed by atoms with Crippen LogP contribution in [0.25, 0.3) is 0 Å². The smallest absolute Gasteiger partial charge is 0.226 e. The van der Waals surface area contributed by atoms with Crippen LogP contribution in [-0.4, -0.2) is 25.0 Å². The molecule has 2 N–H and O–H groups in total. The molecule has 0 radical (unpaired) electrons. The minimum Gasteiger partial charge on any atom is -0.340 e. The number of rotatable bonds is 2. The first kappa shape index (κ1) is 8.02. The Hall–Kier alpha value is -1.08. The van der Waals surface area contributed by atoms with Gasteiger partial charge in [-0.05, 0) is 6.92 Å².